The normalized spacial score (nSPS) is 21.6. The van der Waals surface area contributed by atoms with E-state index in [1.54, 1.807) is 16.7 Å². The maximum Gasteiger partial charge on any atom is 0.247 e. The van der Waals surface area contributed by atoms with Crippen LogP contribution in [0.5, 0.6) is 0 Å². The molecule has 96 valence electrons. The molecule has 1 aliphatic rings. The summed E-state index contributed by atoms with van der Waals surface area (Å²) in [4.78, 5) is 15.5. The molecule has 0 N–H and O–H groups in total. The van der Waals surface area contributed by atoms with Gasteiger partial charge in [-0.05, 0) is 25.1 Å². The third kappa shape index (κ3) is 1.85. The summed E-state index contributed by atoms with van der Waals surface area (Å²) in [6.45, 7) is 2.01. The molecule has 0 fully saturated rings. The van der Waals surface area contributed by atoms with Crippen LogP contribution in [0.1, 0.15) is 12.5 Å². The highest BCUT2D eigenvalue weighted by Gasteiger charge is 2.46. The Balaban J connectivity index is 2.06. The Kier molecular flexibility index (Phi) is 2.86. The topological polar surface area (TPSA) is 20.3 Å². The number of rotatable bonds is 2. The molecule has 1 amide bonds. The van der Waals surface area contributed by atoms with Crippen LogP contribution in [0, 0.1) is 0 Å². The van der Waals surface area contributed by atoms with Crippen molar-refractivity contribution in [3.05, 3.63) is 60.2 Å². The van der Waals surface area contributed by atoms with Crippen LogP contribution < -0.4 is 4.90 Å². The van der Waals surface area contributed by atoms with Crippen molar-refractivity contribution in [1.82, 2.24) is 0 Å². The van der Waals surface area contributed by atoms with Crippen LogP contribution in [-0.4, -0.2) is 13.0 Å². The number of nitrogens with zero attached hydrogens (tertiary/aromatic N) is 1. The molecule has 1 aliphatic heterocycles. The first-order chi connectivity index (χ1) is 9.13. The van der Waals surface area contributed by atoms with Gasteiger partial charge >= 0.3 is 0 Å². The Morgan fingerprint density at radius 3 is 2.37 bits per heavy atom. The van der Waals surface area contributed by atoms with E-state index in [9.17, 15) is 4.79 Å². The van der Waals surface area contributed by atoms with E-state index in [1.165, 1.54) is 0 Å². The molecule has 2 aromatic rings. The number of benzene rings is 2. The molecule has 3 rings (SSSR count). The number of hydrogen-bond donors (Lipinski definition) is 0. The maximum absolute atomic E-state index is 12.6. The van der Waals surface area contributed by atoms with Gasteiger partial charge in [-0.2, -0.15) is 0 Å². The van der Waals surface area contributed by atoms with Crippen molar-refractivity contribution in [2.45, 2.75) is 16.6 Å². The lowest BCUT2D eigenvalue weighted by atomic mass is 10.0. The number of thioether (sulfide) groups is 1. The Bertz CT molecular complexity index is 626. The van der Waals surface area contributed by atoms with Gasteiger partial charge < -0.3 is 4.90 Å². The van der Waals surface area contributed by atoms with Gasteiger partial charge in [0.1, 0.15) is 4.75 Å². The smallest absolute Gasteiger partial charge is 0.247 e. The fourth-order valence-corrected chi connectivity index (χ4v) is 3.81. The summed E-state index contributed by atoms with van der Waals surface area (Å²) in [5, 5.41) is 0. The highest BCUT2D eigenvalue weighted by Crippen LogP contribution is 2.50. The van der Waals surface area contributed by atoms with Crippen LogP contribution in [-0.2, 0) is 9.54 Å². The first-order valence-corrected chi connectivity index (χ1v) is 7.06. The van der Waals surface area contributed by atoms with Crippen molar-refractivity contribution in [3.8, 4) is 0 Å². The number of carbonyl (C=O) groups excluding carboxylic acids is 1. The summed E-state index contributed by atoms with van der Waals surface area (Å²) in [6, 6.07) is 18.1. The van der Waals surface area contributed by atoms with Crippen molar-refractivity contribution < 1.29 is 4.79 Å². The van der Waals surface area contributed by atoms with E-state index >= 15 is 0 Å². The highest BCUT2D eigenvalue weighted by molar-refractivity contribution is 8.01. The zero-order chi connectivity index (χ0) is 13.5. The van der Waals surface area contributed by atoms with Crippen LogP contribution in [0.15, 0.2) is 59.5 Å². The van der Waals surface area contributed by atoms with Gasteiger partial charge in [-0.1, -0.05) is 36.4 Å². The van der Waals surface area contributed by atoms with Crippen molar-refractivity contribution in [2.24, 2.45) is 0 Å². The Morgan fingerprint density at radius 2 is 1.63 bits per heavy atom. The lowest BCUT2D eigenvalue weighted by Gasteiger charge is -2.22. The molecule has 0 aromatic heterocycles. The molecule has 0 saturated heterocycles. The molecule has 0 aliphatic carbocycles. The first-order valence-electron chi connectivity index (χ1n) is 6.24. The van der Waals surface area contributed by atoms with E-state index in [1.807, 2.05) is 68.6 Å². The average molecular weight is 269 g/mol. The van der Waals surface area contributed by atoms with Crippen LogP contribution in [0.25, 0.3) is 0 Å². The predicted octanol–water partition coefficient (Wildman–Crippen LogP) is 3.67. The zero-order valence-corrected chi connectivity index (χ0v) is 11.8. The average Bonchev–Trinajstić information content (AvgIpc) is 2.63. The minimum absolute atomic E-state index is 0.141. The molecule has 2 nitrogen and oxygen atoms in total. The van der Waals surface area contributed by atoms with Crippen LogP contribution in [0.3, 0.4) is 0 Å². The van der Waals surface area contributed by atoms with E-state index in [-0.39, 0.29) is 5.91 Å². The summed E-state index contributed by atoms with van der Waals surface area (Å²) >= 11 is 1.62. The summed E-state index contributed by atoms with van der Waals surface area (Å²) in [6.07, 6.45) is 0. The van der Waals surface area contributed by atoms with Crippen molar-refractivity contribution in [2.75, 3.05) is 11.9 Å². The van der Waals surface area contributed by atoms with E-state index in [0.717, 1.165) is 16.1 Å². The Labute approximate surface area is 117 Å². The Morgan fingerprint density at radius 1 is 1.00 bits per heavy atom. The van der Waals surface area contributed by atoms with Crippen LogP contribution in [0.2, 0.25) is 0 Å². The largest absolute Gasteiger partial charge is 0.314 e. The van der Waals surface area contributed by atoms with Gasteiger partial charge in [0.25, 0.3) is 0 Å². The second kappa shape index (κ2) is 4.42. The van der Waals surface area contributed by atoms with Gasteiger partial charge in [0.05, 0.1) is 0 Å². The monoisotopic (exact) mass is 269 g/mol. The van der Waals surface area contributed by atoms with Crippen molar-refractivity contribution in [3.63, 3.8) is 0 Å². The third-order valence-electron chi connectivity index (χ3n) is 3.56. The lowest BCUT2D eigenvalue weighted by molar-refractivity contribution is -0.119. The summed E-state index contributed by atoms with van der Waals surface area (Å²) in [5.41, 5.74) is 2.11. The van der Waals surface area contributed by atoms with Gasteiger partial charge in [-0.3, -0.25) is 4.79 Å². The van der Waals surface area contributed by atoms with E-state index < -0.39 is 4.75 Å². The van der Waals surface area contributed by atoms with Gasteiger partial charge in [-0.15, -0.1) is 11.8 Å². The van der Waals surface area contributed by atoms with E-state index in [4.69, 9.17) is 0 Å². The van der Waals surface area contributed by atoms with Gasteiger partial charge in [-0.25, -0.2) is 0 Å². The molecule has 0 unspecified atom stereocenters. The van der Waals surface area contributed by atoms with Gasteiger partial charge in [0, 0.05) is 23.2 Å². The lowest BCUT2D eigenvalue weighted by Crippen LogP contribution is -2.33. The number of fused-ring (bicyclic) bond motifs is 1. The summed E-state index contributed by atoms with van der Waals surface area (Å²) < 4.78 is -0.535. The van der Waals surface area contributed by atoms with Gasteiger partial charge in [0.2, 0.25) is 5.91 Å². The SMILES string of the molecule is CN1C(=O)[C@@](C)(Sc2ccccc2)c2ccccc21. The molecule has 3 heteroatoms. The van der Waals surface area contributed by atoms with Crippen LogP contribution in [0.4, 0.5) is 5.69 Å². The van der Waals surface area contributed by atoms with Crippen LogP contribution >= 0.6 is 11.8 Å². The maximum atomic E-state index is 12.6. The van der Waals surface area contributed by atoms with Gasteiger partial charge in [0.15, 0.2) is 0 Å². The third-order valence-corrected chi connectivity index (χ3v) is 4.87. The molecule has 1 heterocycles. The van der Waals surface area contributed by atoms with E-state index in [2.05, 4.69) is 0 Å². The number of hydrogen-bond acceptors (Lipinski definition) is 2. The molecule has 0 bridgehead atoms. The molecular weight excluding hydrogens is 254 g/mol. The minimum atomic E-state index is -0.535. The second-order valence-corrected chi connectivity index (χ2v) is 6.32. The molecule has 19 heavy (non-hydrogen) atoms. The molecular formula is C16H15NOS. The predicted molar refractivity (Wildman–Crippen MR) is 79.5 cm³/mol. The molecule has 0 spiro atoms. The number of likely N-dealkylation sites (N-methyl/N-ethyl adjacent to an activating group) is 1. The van der Waals surface area contributed by atoms with Crippen molar-refractivity contribution >= 4 is 23.4 Å². The number of amides is 1. The summed E-state index contributed by atoms with van der Waals surface area (Å²) in [7, 11) is 1.85. The quantitative estimate of drug-likeness (QED) is 0.829. The standard InChI is InChI=1S/C16H15NOS/c1-16(19-12-8-4-3-5-9-12)13-10-6-7-11-14(13)17(2)15(16)18/h3-11H,1-2H3/t16-/m0/s1. The van der Waals surface area contributed by atoms with Crippen molar-refractivity contribution in [1.29, 1.82) is 0 Å². The fourth-order valence-electron chi connectivity index (χ4n) is 2.54. The first kappa shape index (κ1) is 12.3. The molecule has 0 radical (unpaired) electrons. The summed E-state index contributed by atoms with van der Waals surface area (Å²) in [5.74, 6) is 0.141. The highest BCUT2D eigenvalue weighted by atomic mass is 32.2. The molecule has 1 atom stereocenters. The molecule has 0 saturated carbocycles. The fraction of sp³-hybridized carbons (Fsp3) is 0.188. The number of carbonyl (C=O) groups is 1. The number of para-hydroxylation sites is 1. The van der Waals surface area contributed by atoms with E-state index in [0.29, 0.717) is 0 Å². The Hall–Kier alpha value is -1.74. The zero-order valence-electron chi connectivity index (χ0n) is 11.0. The molecule has 2 aromatic carbocycles. The minimum Gasteiger partial charge on any atom is -0.314 e. The second-order valence-electron chi connectivity index (χ2n) is 4.83. The number of anilines is 1.